The van der Waals surface area contributed by atoms with Crippen LogP contribution in [0.5, 0.6) is 0 Å². The molecule has 3 rings (SSSR count). The molecule has 0 bridgehead atoms. The van der Waals surface area contributed by atoms with Gasteiger partial charge in [-0.25, -0.2) is 9.78 Å². The Morgan fingerprint density at radius 2 is 1.77 bits per heavy atom. The summed E-state index contributed by atoms with van der Waals surface area (Å²) in [5.74, 6) is -0.772. The molecule has 0 saturated carbocycles. The number of rotatable bonds is 9. The summed E-state index contributed by atoms with van der Waals surface area (Å²) in [6, 6.07) is 14.9. The highest BCUT2D eigenvalue weighted by Crippen LogP contribution is 2.37. The van der Waals surface area contributed by atoms with Gasteiger partial charge in [-0.3, -0.25) is 4.79 Å². The Hall–Kier alpha value is -2.61. The Bertz CT molecular complexity index is 1180. The molecule has 0 fully saturated rings. The van der Waals surface area contributed by atoms with Crippen LogP contribution in [0.15, 0.2) is 48.5 Å². The minimum Gasteiger partial charge on any atom is -0.462 e. The molecule has 0 saturated heterocycles. The first kappa shape index (κ1) is 27.0. The third kappa shape index (κ3) is 7.69. The summed E-state index contributed by atoms with van der Waals surface area (Å²) in [5.41, 5.74) is 1.58. The molecule has 1 aromatic heterocycles. The summed E-state index contributed by atoms with van der Waals surface area (Å²) in [4.78, 5) is 32.4. The van der Waals surface area contributed by atoms with Crippen LogP contribution in [0.3, 0.4) is 0 Å². The number of anilines is 1. The maximum Gasteiger partial charge on any atom is 0.350 e. The molecule has 3 aromatic rings. The van der Waals surface area contributed by atoms with Crippen molar-refractivity contribution in [2.24, 2.45) is 0 Å². The molecule has 0 radical (unpaired) electrons. The average molecular weight is 535 g/mol. The van der Waals surface area contributed by atoms with E-state index in [2.05, 4.69) is 0 Å². The van der Waals surface area contributed by atoms with E-state index in [4.69, 9.17) is 37.7 Å². The maximum absolute atomic E-state index is 12.8. The maximum atomic E-state index is 12.8. The van der Waals surface area contributed by atoms with Crippen molar-refractivity contribution in [1.82, 2.24) is 4.98 Å². The zero-order valence-corrected chi connectivity index (χ0v) is 22.5. The molecular formula is C26H28Cl2N2O4S. The fraction of sp³-hybridized carbons (Fsp3) is 0.346. The summed E-state index contributed by atoms with van der Waals surface area (Å²) in [6.45, 7) is 8.36. The predicted molar refractivity (Wildman–Crippen MR) is 141 cm³/mol. The van der Waals surface area contributed by atoms with Crippen LogP contribution >= 0.6 is 34.5 Å². The number of carbonyl (C=O) groups excluding carboxylic acids is 2. The van der Waals surface area contributed by atoms with Crippen molar-refractivity contribution in [2.45, 2.75) is 46.3 Å². The van der Waals surface area contributed by atoms with E-state index >= 15 is 0 Å². The normalized spacial score (nSPS) is 11.3. The lowest BCUT2D eigenvalue weighted by Crippen LogP contribution is -2.29. The number of benzene rings is 2. The van der Waals surface area contributed by atoms with Crippen LogP contribution in [0, 0.1) is 0 Å². The van der Waals surface area contributed by atoms with Crippen molar-refractivity contribution >= 4 is 51.6 Å². The van der Waals surface area contributed by atoms with Gasteiger partial charge in [0, 0.05) is 18.7 Å². The van der Waals surface area contributed by atoms with E-state index in [9.17, 15) is 9.59 Å². The SMILES string of the molecule is CCOC(=O)c1sc(N(CCC(=O)OC(C)(C)C)Cc2ccccc2)nc1-c1ccc(Cl)c(Cl)c1. The molecule has 9 heteroatoms. The van der Waals surface area contributed by atoms with Crippen LogP contribution in [0.4, 0.5) is 5.13 Å². The van der Waals surface area contributed by atoms with E-state index in [1.807, 2.05) is 56.0 Å². The number of hydrogen-bond acceptors (Lipinski definition) is 7. The van der Waals surface area contributed by atoms with Gasteiger partial charge >= 0.3 is 11.9 Å². The molecule has 0 atom stereocenters. The molecule has 35 heavy (non-hydrogen) atoms. The van der Waals surface area contributed by atoms with Gasteiger partial charge in [-0.1, -0.05) is 70.9 Å². The molecule has 1 heterocycles. The topological polar surface area (TPSA) is 68.7 Å². The second kappa shape index (κ2) is 11.9. The molecule has 0 unspecified atom stereocenters. The molecule has 0 N–H and O–H groups in total. The van der Waals surface area contributed by atoms with E-state index in [1.165, 1.54) is 11.3 Å². The monoisotopic (exact) mass is 534 g/mol. The second-order valence-corrected chi connectivity index (χ2v) is 10.6. The number of nitrogens with zero attached hydrogens (tertiary/aromatic N) is 2. The summed E-state index contributed by atoms with van der Waals surface area (Å²) in [7, 11) is 0. The van der Waals surface area contributed by atoms with Gasteiger partial charge < -0.3 is 14.4 Å². The Morgan fingerprint density at radius 1 is 1.06 bits per heavy atom. The molecule has 0 aliphatic carbocycles. The Labute approximate surface area is 219 Å². The van der Waals surface area contributed by atoms with E-state index in [0.717, 1.165) is 5.56 Å². The van der Waals surface area contributed by atoms with Crippen LogP contribution in [-0.2, 0) is 20.8 Å². The molecule has 6 nitrogen and oxygen atoms in total. The van der Waals surface area contributed by atoms with Crippen LogP contribution in [-0.4, -0.2) is 35.7 Å². The Kier molecular flexibility index (Phi) is 9.16. The Morgan fingerprint density at radius 3 is 2.40 bits per heavy atom. The largest absolute Gasteiger partial charge is 0.462 e. The number of ether oxygens (including phenoxy) is 2. The van der Waals surface area contributed by atoms with Gasteiger partial charge in [-0.05, 0) is 45.4 Å². The minimum absolute atomic E-state index is 0.167. The summed E-state index contributed by atoms with van der Waals surface area (Å²) >= 11 is 13.5. The van der Waals surface area contributed by atoms with E-state index in [-0.39, 0.29) is 19.0 Å². The molecule has 0 amide bonds. The molecule has 0 aliphatic heterocycles. The summed E-state index contributed by atoms with van der Waals surface area (Å²) in [5, 5.41) is 1.35. The number of esters is 2. The second-order valence-electron chi connectivity index (χ2n) is 8.77. The summed E-state index contributed by atoms with van der Waals surface area (Å²) < 4.78 is 10.8. The lowest BCUT2D eigenvalue weighted by Gasteiger charge is -2.24. The molecule has 186 valence electrons. The van der Waals surface area contributed by atoms with Crippen LogP contribution < -0.4 is 4.90 Å². The van der Waals surface area contributed by atoms with Gasteiger partial charge in [-0.15, -0.1) is 0 Å². The first-order valence-corrected chi connectivity index (χ1v) is 12.8. The van der Waals surface area contributed by atoms with Gasteiger partial charge in [0.05, 0.1) is 28.8 Å². The summed E-state index contributed by atoms with van der Waals surface area (Å²) in [6.07, 6.45) is 0.167. The van der Waals surface area contributed by atoms with E-state index < -0.39 is 11.6 Å². The van der Waals surface area contributed by atoms with Crippen LogP contribution in [0.25, 0.3) is 11.3 Å². The van der Waals surface area contributed by atoms with Gasteiger partial charge in [-0.2, -0.15) is 0 Å². The zero-order chi connectivity index (χ0) is 25.6. The van der Waals surface area contributed by atoms with Crippen molar-refractivity contribution in [2.75, 3.05) is 18.1 Å². The van der Waals surface area contributed by atoms with Gasteiger partial charge in [0.15, 0.2) is 5.13 Å². The first-order valence-electron chi connectivity index (χ1n) is 11.2. The molecular weight excluding hydrogens is 507 g/mol. The van der Waals surface area contributed by atoms with Crippen LogP contribution in [0.1, 0.15) is 49.4 Å². The standard InChI is InChI=1S/C26H28Cl2N2O4S/c1-5-33-24(32)23-22(18-11-12-19(27)20(28)15-18)29-25(35-23)30(16-17-9-7-6-8-10-17)14-13-21(31)34-26(2,3)4/h6-12,15H,5,13-14,16H2,1-4H3. The van der Waals surface area contributed by atoms with E-state index in [0.29, 0.717) is 44.4 Å². The fourth-order valence-corrected chi connectivity index (χ4v) is 4.59. The predicted octanol–water partition coefficient (Wildman–Crippen LogP) is 7.03. The van der Waals surface area contributed by atoms with Crippen molar-refractivity contribution in [3.63, 3.8) is 0 Å². The zero-order valence-electron chi connectivity index (χ0n) is 20.1. The quantitative estimate of drug-likeness (QED) is 0.274. The highest BCUT2D eigenvalue weighted by molar-refractivity contribution is 7.17. The highest BCUT2D eigenvalue weighted by atomic mass is 35.5. The third-order valence-corrected chi connectivity index (χ3v) is 6.60. The molecule has 0 spiro atoms. The van der Waals surface area contributed by atoms with Gasteiger partial charge in [0.1, 0.15) is 10.5 Å². The smallest absolute Gasteiger partial charge is 0.350 e. The lowest BCUT2D eigenvalue weighted by molar-refractivity contribution is -0.154. The molecule has 2 aromatic carbocycles. The fourth-order valence-electron chi connectivity index (χ4n) is 3.28. The van der Waals surface area contributed by atoms with Crippen molar-refractivity contribution in [3.05, 3.63) is 69.0 Å². The lowest BCUT2D eigenvalue weighted by atomic mass is 10.1. The first-order chi connectivity index (χ1) is 16.6. The number of thiazole rings is 1. The Balaban J connectivity index is 1.99. The van der Waals surface area contributed by atoms with Crippen molar-refractivity contribution < 1.29 is 19.1 Å². The number of carbonyl (C=O) groups is 2. The highest BCUT2D eigenvalue weighted by Gasteiger charge is 2.25. The van der Waals surface area contributed by atoms with Gasteiger partial charge in [0.25, 0.3) is 0 Å². The van der Waals surface area contributed by atoms with Crippen LogP contribution in [0.2, 0.25) is 10.0 Å². The van der Waals surface area contributed by atoms with Crippen molar-refractivity contribution in [3.8, 4) is 11.3 Å². The molecule has 0 aliphatic rings. The third-order valence-electron chi connectivity index (χ3n) is 4.76. The number of hydrogen-bond donors (Lipinski definition) is 0. The average Bonchev–Trinajstić information content (AvgIpc) is 3.24. The van der Waals surface area contributed by atoms with E-state index in [1.54, 1.807) is 25.1 Å². The minimum atomic E-state index is -0.569. The van der Waals surface area contributed by atoms with Crippen molar-refractivity contribution in [1.29, 1.82) is 0 Å². The van der Waals surface area contributed by atoms with Gasteiger partial charge in [0.2, 0.25) is 0 Å². The number of aromatic nitrogens is 1. The number of halogens is 2.